The number of nitrogens with one attached hydrogen (secondary N) is 1. The van der Waals surface area contributed by atoms with E-state index >= 15 is 0 Å². The molecule has 0 amide bonds. The third-order valence-corrected chi connectivity index (χ3v) is 5.41. The zero-order chi connectivity index (χ0) is 15.6. The minimum Gasteiger partial charge on any atom is -0.464 e. The van der Waals surface area contributed by atoms with Crippen LogP contribution < -0.4 is 4.72 Å². The van der Waals surface area contributed by atoms with E-state index in [1.807, 2.05) is 0 Å². The van der Waals surface area contributed by atoms with Crippen molar-refractivity contribution in [2.75, 3.05) is 7.11 Å². The van der Waals surface area contributed by atoms with E-state index in [1.165, 1.54) is 5.51 Å². The summed E-state index contributed by atoms with van der Waals surface area (Å²) >= 11 is 0.830. The molecule has 0 aromatic carbocycles. The molecule has 2 aromatic rings. The lowest BCUT2D eigenvalue weighted by Gasteiger charge is -2.03. The molecule has 0 unspecified atom stereocenters. The van der Waals surface area contributed by atoms with Crippen LogP contribution in [0.5, 0.6) is 0 Å². The number of nitrogens with zero attached hydrogens (tertiary/aromatic N) is 2. The van der Waals surface area contributed by atoms with Gasteiger partial charge in [-0.3, -0.25) is 0 Å². The van der Waals surface area contributed by atoms with Gasteiger partial charge in [0.1, 0.15) is 5.76 Å². The molecule has 0 fully saturated rings. The molecular weight excluding hydrogens is 318 g/mol. The van der Waals surface area contributed by atoms with Crippen LogP contribution in [0.15, 0.2) is 14.1 Å². The Hall–Kier alpha value is -1.78. The number of aryl methyl sites for hydroxylation is 2. The Morgan fingerprint density at radius 1 is 1.48 bits per heavy atom. The number of methoxy groups -OCH3 is 1. The number of sulfonamides is 1. The zero-order valence-corrected chi connectivity index (χ0v) is 13.2. The largest absolute Gasteiger partial charge is 0.464 e. The molecule has 0 radical (unpaired) electrons. The number of oxazole rings is 1. The number of esters is 1. The van der Waals surface area contributed by atoms with Crippen molar-refractivity contribution in [1.29, 1.82) is 0 Å². The molecule has 0 saturated carbocycles. The van der Waals surface area contributed by atoms with Crippen LogP contribution in [0.25, 0.3) is 0 Å². The van der Waals surface area contributed by atoms with Crippen LogP contribution >= 0.6 is 11.3 Å². The minimum atomic E-state index is -3.90. The van der Waals surface area contributed by atoms with Gasteiger partial charge in [-0.05, 0) is 13.8 Å². The van der Waals surface area contributed by atoms with Gasteiger partial charge < -0.3 is 9.15 Å². The zero-order valence-electron chi connectivity index (χ0n) is 11.5. The highest BCUT2D eigenvalue weighted by molar-refractivity contribution is 7.91. The predicted molar refractivity (Wildman–Crippen MR) is 73.5 cm³/mol. The van der Waals surface area contributed by atoms with Crippen LogP contribution in [0.3, 0.4) is 0 Å². The molecule has 1 N–H and O–H groups in total. The molecule has 10 heteroatoms. The van der Waals surface area contributed by atoms with Crippen LogP contribution in [0.2, 0.25) is 0 Å². The van der Waals surface area contributed by atoms with Crippen LogP contribution in [0.1, 0.15) is 27.8 Å². The second-order valence-corrected chi connectivity index (χ2v) is 6.87. The fraction of sp³-hybridized carbons (Fsp3) is 0.364. The molecule has 8 nitrogen and oxygen atoms in total. The summed E-state index contributed by atoms with van der Waals surface area (Å²) in [5, 5.41) is 0. The Balaban J connectivity index is 2.19. The highest BCUT2D eigenvalue weighted by Crippen LogP contribution is 2.21. The van der Waals surface area contributed by atoms with E-state index in [1.54, 1.807) is 13.8 Å². The summed E-state index contributed by atoms with van der Waals surface area (Å²) in [5.41, 5.74) is 1.72. The normalized spacial score (nSPS) is 11.6. The molecule has 0 aliphatic heterocycles. The number of ether oxygens (including phenoxy) is 1. The molecule has 0 saturated heterocycles. The molecule has 21 heavy (non-hydrogen) atoms. The lowest BCUT2D eigenvalue weighted by Crippen LogP contribution is -2.24. The van der Waals surface area contributed by atoms with Gasteiger partial charge in [0.15, 0.2) is 9.90 Å². The van der Waals surface area contributed by atoms with Gasteiger partial charge in [-0.15, -0.1) is 11.3 Å². The molecule has 2 rings (SSSR count). The van der Waals surface area contributed by atoms with Crippen molar-refractivity contribution < 1.29 is 22.4 Å². The average molecular weight is 331 g/mol. The fourth-order valence-corrected chi connectivity index (χ4v) is 3.65. The van der Waals surface area contributed by atoms with Crippen LogP contribution in [-0.4, -0.2) is 31.5 Å². The van der Waals surface area contributed by atoms with Crippen molar-refractivity contribution in [1.82, 2.24) is 14.7 Å². The quantitative estimate of drug-likeness (QED) is 0.814. The second kappa shape index (κ2) is 5.92. The topological polar surface area (TPSA) is 111 Å². The SMILES string of the molecule is COC(=O)c1ncsc1S(=O)(=O)NCc1nc(C)c(C)o1. The first-order valence-corrected chi connectivity index (χ1v) is 8.16. The van der Waals surface area contributed by atoms with E-state index in [9.17, 15) is 13.2 Å². The summed E-state index contributed by atoms with van der Waals surface area (Å²) in [5.74, 6) is 0.0642. The molecule has 0 spiro atoms. The Labute approximate surface area is 125 Å². The number of hydrogen-bond donors (Lipinski definition) is 1. The second-order valence-electron chi connectivity index (χ2n) is 4.05. The molecule has 0 aliphatic carbocycles. The van der Waals surface area contributed by atoms with Gasteiger partial charge in [-0.1, -0.05) is 0 Å². The average Bonchev–Trinajstić information content (AvgIpc) is 3.04. The summed E-state index contributed by atoms with van der Waals surface area (Å²) in [7, 11) is -2.74. The third-order valence-electron chi connectivity index (χ3n) is 2.64. The van der Waals surface area contributed by atoms with E-state index < -0.39 is 16.0 Å². The number of hydrogen-bond acceptors (Lipinski definition) is 8. The number of thiazole rings is 1. The maximum Gasteiger partial charge on any atom is 0.358 e. The summed E-state index contributed by atoms with van der Waals surface area (Å²) < 4.78 is 36.3. The summed E-state index contributed by atoms with van der Waals surface area (Å²) in [6.45, 7) is 3.38. The minimum absolute atomic E-state index is 0.116. The Bertz CT molecular complexity index is 743. The van der Waals surface area contributed by atoms with Gasteiger partial charge in [0.2, 0.25) is 5.89 Å². The standard InChI is InChI=1S/C11H13N3O5S2/c1-6-7(2)19-8(14-6)4-13-21(16,17)11-9(10(15)18-3)12-5-20-11/h5,13H,4H2,1-3H3. The van der Waals surface area contributed by atoms with Gasteiger partial charge >= 0.3 is 5.97 Å². The molecule has 2 aromatic heterocycles. The van der Waals surface area contributed by atoms with Gasteiger partial charge in [0.05, 0.1) is 24.9 Å². The Morgan fingerprint density at radius 2 is 2.19 bits per heavy atom. The Kier molecular flexibility index (Phi) is 4.40. The Morgan fingerprint density at radius 3 is 2.76 bits per heavy atom. The summed E-state index contributed by atoms with van der Waals surface area (Å²) in [6, 6.07) is 0. The van der Waals surface area contributed by atoms with E-state index in [4.69, 9.17) is 4.42 Å². The first-order chi connectivity index (χ1) is 9.85. The lowest BCUT2D eigenvalue weighted by atomic mass is 10.4. The fourth-order valence-electron chi connectivity index (χ4n) is 1.50. The summed E-state index contributed by atoms with van der Waals surface area (Å²) in [4.78, 5) is 19.2. The first-order valence-electron chi connectivity index (χ1n) is 5.79. The maximum atomic E-state index is 12.2. The third kappa shape index (κ3) is 3.28. The van der Waals surface area contributed by atoms with E-state index in [-0.39, 0.29) is 22.3 Å². The van der Waals surface area contributed by atoms with Gasteiger partial charge in [0.25, 0.3) is 10.0 Å². The van der Waals surface area contributed by atoms with Gasteiger partial charge in [0, 0.05) is 0 Å². The first kappa shape index (κ1) is 15.6. The molecular formula is C11H13N3O5S2. The van der Waals surface area contributed by atoms with E-state index in [2.05, 4.69) is 19.4 Å². The smallest absolute Gasteiger partial charge is 0.358 e. The van der Waals surface area contributed by atoms with Crippen molar-refractivity contribution in [3.05, 3.63) is 28.5 Å². The molecule has 0 atom stereocenters. The highest BCUT2D eigenvalue weighted by atomic mass is 32.2. The molecule has 0 bridgehead atoms. The molecule has 2 heterocycles. The maximum absolute atomic E-state index is 12.2. The lowest BCUT2D eigenvalue weighted by molar-refractivity contribution is 0.0590. The van der Waals surface area contributed by atoms with E-state index in [0.29, 0.717) is 11.5 Å². The van der Waals surface area contributed by atoms with Crippen LogP contribution in [0.4, 0.5) is 0 Å². The number of aromatic nitrogens is 2. The van der Waals surface area contributed by atoms with Gasteiger partial charge in [-0.2, -0.15) is 0 Å². The van der Waals surface area contributed by atoms with Crippen molar-refractivity contribution in [2.24, 2.45) is 0 Å². The summed E-state index contributed by atoms with van der Waals surface area (Å²) in [6.07, 6.45) is 0. The number of carbonyl (C=O) groups excluding carboxylic acids is 1. The van der Waals surface area contributed by atoms with E-state index in [0.717, 1.165) is 18.4 Å². The molecule has 114 valence electrons. The number of carbonyl (C=O) groups is 1. The monoisotopic (exact) mass is 331 g/mol. The number of rotatable bonds is 5. The van der Waals surface area contributed by atoms with Crippen LogP contribution in [-0.2, 0) is 21.3 Å². The highest BCUT2D eigenvalue weighted by Gasteiger charge is 2.26. The predicted octanol–water partition coefficient (Wildman–Crippen LogP) is 1.01. The van der Waals surface area contributed by atoms with Crippen molar-refractivity contribution in [3.63, 3.8) is 0 Å². The van der Waals surface area contributed by atoms with Crippen molar-refractivity contribution >= 4 is 27.3 Å². The van der Waals surface area contributed by atoms with Crippen LogP contribution in [0, 0.1) is 13.8 Å². The molecule has 0 aliphatic rings. The van der Waals surface area contributed by atoms with Gasteiger partial charge in [-0.25, -0.2) is 27.9 Å². The van der Waals surface area contributed by atoms with Crippen molar-refractivity contribution in [2.45, 2.75) is 24.6 Å². The van der Waals surface area contributed by atoms with Crippen molar-refractivity contribution in [3.8, 4) is 0 Å².